The third kappa shape index (κ3) is 3.69. The molecule has 0 saturated carbocycles. The zero-order valence-corrected chi connectivity index (χ0v) is 14.4. The number of benzene rings is 1. The molecule has 0 N–H and O–H groups in total. The molecule has 0 saturated heterocycles. The first-order chi connectivity index (χ1) is 11.7. The van der Waals surface area contributed by atoms with Crippen molar-refractivity contribution in [3.05, 3.63) is 57.7 Å². The second kappa shape index (κ2) is 7.37. The fourth-order valence-corrected chi connectivity index (χ4v) is 3.39. The van der Waals surface area contributed by atoms with Crippen LogP contribution in [0.15, 0.2) is 47.2 Å². The van der Waals surface area contributed by atoms with Gasteiger partial charge in [0.25, 0.3) is 0 Å². The highest BCUT2D eigenvalue weighted by atomic mass is 32.1. The summed E-state index contributed by atoms with van der Waals surface area (Å²) in [5, 5.41) is 4.13. The minimum absolute atomic E-state index is 0.199. The molecule has 0 fully saturated rings. The van der Waals surface area contributed by atoms with Crippen molar-refractivity contribution in [2.45, 2.75) is 0 Å². The second-order valence-corrected chi connectivity index (χ2v) is 6.55. The molecule has 122 valence electrons. The van der Waals surface area contributed by atoms with Gasteiger partial charge in [0.15, 0.2) is 12.3 Å². The smallest absolute Gasteiger partial charge is 0.358 e. The third-order valence-corrected chi connectivity index (χ3v) is 4.98. The molecule has 1 aromatic carbocycles. The lowest BCUT2D eigenvalue weighted by molar-refractivity contribution is 0.0471. The number of nitrogens with zero attached hydrogens (tertiary/aromatic N) is 1. The van der Waals surface area contributed by atoms with E-state index < -0.39 is 5.97 Å². The van der Waals surface area contributed by atoms with Crippen LogP contribution in [0.3, 0.4) is 0 Å². The Bertz CT molecular complexity index is 838. The Labute approximate surface area is 146 Å². The van der Waals surface area contributed by atoms with E-state index >= 15 is 0 Å². The van der Waals surface area contributed by atoms with Crippen LogP contribution in [0.5, 0.6) is 5.75 Å². The van der Waals surface area contributed by atoms with Gasteiger partial charge in [0.1, 0.15) is 10.8 Å². The van der Waals surface area contributed by atoms with E-state index in [0.717, 1.165) is 11.3 Å². The van der Waals surface area contributed by atoms with Crippen molar-refractivity contribution in [1.29, 1.82) is 0 Å². The summed E-state index contributed by atoms with van der Waals surface area (Å²) in [6.45, 7) is -0.283. The molecule has 0 aliphatic rings. The highest BCUT2D eigenvalue weighted by Gasteiger charge is 2.16. The number of ether oxygens (including phenoxy) is 2. The lowest BCUT2D eigenvalue weighted by Gasteiger charge is -2.01. The van der Waals surface area contributed by atoms with Crippen molar-refractivity contribution < 1.29 is 19.1 Å². The van der Waals surface area contributed by atoms with Gasteiger partial charge in [0.05, 0.1) is 12.0 Å². The highest BCUT2D eigenvalue weighted by molar-refractivity contribution is 7.13. The van der Waals surface area contributed by atoms with Gasteiger partial charge in [-0.1, -0.05) is 6.07 Å². The Kier molecular flexibility index (Phi) is 5.02. The van der Waals surface area contributed by atoms with E-state index in [-0.39, 0.29) is 18.1 Å². The molecule has 24 heavy (non-hydrogen) atoms. The van der Waals surface area contributed by atoms with E-state index in [1.54, 1.807) is 30.0 Å². The number of hydrogen-bond donors (Lipinski definition) is 0. The summed E-state index contributed by atoms with van der Waals surface area (Å²) in [5.74, 6) is -0.0677. The summed E-state index contributed by atoms with van der Waals surface area (Å²) in [5.41, 5.74) is 1.08. The predicted octanol–water partition coefficient (Wildman–Crippen LogP) is 3.92. The number of ketones is 1. The van der Waals surface area contributed by atoms with Gasteiger partial charge in [-0.05, 0) is 35.7 Å². The van der Waals surface area contributed by atoms with E-state index in [1.807, 2.05) is 24.3 Å². The molecule has 0 radical (unpaired) electrons. The van der Waals surface area contributed by atoms with Crippen molar-refractivity contribution >= 4 is 34.4 Å². The quantitative estimate of drug-likeness (QED) is 0.493. The van der Waals surface area contributed by atoms with Crippen LogP contribution in [-0.2, 0) is 4.74 Å². The number of hydrogen-bond acceptors (Lipinski definition) is 7. The molecule has 0 amide bonds. The first kappa shape index (κ1) is 16.4. The molecule has 0 aliphatic carbocycles. The molecule has 5 nitrogen and oxygen atoms in total. The van der Waals surface area contributed by atoms with Gasteiger partial charge in [0, 0.05) is 10.9 Å². The molecular weight excluding hydrogens is 346 g/mol. The zero-order valence-electron chi connectivity index (χ0n) is 12.7. The molecule has 0 atom stereocenters. The van der Waals surface area contributed by atoms with Crippen LogP contribution in [0.4, 0.5) is 0 Å². The van der Waals surface area contributed by atoms with E-state index in [1.165, 1.54) is 22.7 Å². The monoisotopic (exact) mass is 359 g/mol. The molecular formula is C17H13NO4S2. The number of Topliss-reactive ketones (excluding diaryl/α,β-unsaturated/α-hetero) is 1. The first-order valence-electron chi connectivity index (χ1n) is 7.01. The number of rotatable bonds is 6. The van der Waals surface area contributed by atoms with Gasteiger partial charge in [-0.2, -0.15) is 0 Å². The molecule has 0 spiro atoms. The van der Waals surface area contributed by atoms with Gasteiger partial charge in [-0.15, -0.1) is 22.7 Å². The van der Waals surface area contributed by atoms with Crippen LogP contribution in [0.25, 0.3) is 10.6 Å². The van der Waals surface area contributed by atoms with Crippen LogP contribution >= 0.6 is 22.7 Å². The number of carbonyl (C=O) groups excluding carboxylic acids is 2. The van der Waals surface area contributed by atoms with Gasteiger partial charge in [0.2, 0.25) is 5.78 Å². The van der Waals surface area contributed by atoms with Gasteiger partial charge < -0.3 is 9.47 Å². The Morgan fingerprint density at radius 3 is 2.58 bits per heavy atom. The Morgan fingerprint density at radius 2 is 1.92 bits per heavy atom. The number of carbonyl (C=O) groups is 2. The number of esters is 1. The summed E-state index contributed by atoms with van der Waals surface area (Å²) in [4.78, 5) is 28.7. The highest BCUT2D eigenvalue weighted by Crippen LogP contribution is 2.26. The second-order valence-electron chi connectivity index (χ2n) is 4.74. The standard InChI is InChI=1S/C17H13NO4S2/c1-21-12-6-4-11(5-7-12)16-18-13(10-24-16)17(20)22-9-14(19)15-3-2-8-23-15/h2-8,10H,9H2,1H3. The summed E-state index contributed by atoms with van der Waals surface area (Å²) >= 11 is 2.66. The molecule has 3 aromatic rings. The van der Waals surface area contributed by atoms with Crippen molar-refractivity contribution in [2.24, 2.45) is 0 Å². The number of methoxy groups -OCH3 is 1. The topological polar surface area (TPSA) is 65.5 Å². The minimum Gasteiger partial charge on any atom is -0.497 e. The van der Waals surface area contributed by atoms with Gasteiger partial charge in [-0.25, -0.2) is 9.78 Å². The summed E-state index contributed by atoms with van der Waals surface area (Å²) < 4.78 is 10.2. The number of aromatic nitrogens is 1. The molecule has 0 aliphatic heterocycles. The average molecular weight is 359 g/mol. The Hall–Kier alpha value is -2.51. The average Bonchev–Trinajstić information content (AvgIpc) is 3.31. The van der Waals surface area contributed by atoms with E-state index in [4.69, 9.17) is 9.47 Å². The maximum absolute atomic E-state index is 12.0. The lowest BCUT2D eigenvalue weighted by Crippen LogP contribution is -2.13. The predicted molar refractivity (Wildman–Crippen MR) is 93.0 cm³/mol. The molecule has 2 heterocycles. The third-order valence-electron chi connectivity index (χ3n) is 3.18. The van der Waals surface area contributed by atoms with E-state index in [2.05, 4.69) is 4.98 Å². The van der Waals surface area contributed by atoms with Crippen LogP contribution in [0, 0.1) is 0 Å². The largest absolute Gasteiger partial charge is 0.497 e. The summed E-state index contributed by atoms with van der Waals surface area (Å²) in [6.07, 6.45) is 0. The van der Waals surface area contributed by atoms with Crippen molar-refractivity contribution in [2.75, 3.05) is 13.7 Å². The SMILES string of the molecule is COc1ccc(-c2nc(C(=O)OCC(=O)c3cccs3)cs2)cc1. The summed E-state index contributed by atoms with van der Waals surface area (Å²) in [7, 11) is 1.60. The molecule has 0 unspecified atom stereocenters. The lowest BCUT2D eigenvalue weighted by atomic mass is 10.2. The fourth-order valence-electron chi connectivity index (χ4n) is 1.95. The van der Waals surface area contributed by atoms with Gasteiger partial charge in [-0.3, -0.25) is 4.79 Å². The zero-order chi connectivity index (χ0) is 16.9. The number of thiazole rings is 1. The normalized spacial score (nSPS) is 10.4. The molecule has 3 rings (SSSR count). The summed E-state index contributed by atoms with van der Waals surface area (Å²) in [6, 6.07) is 10.9. The van der Waals surface area contributed by atoms with E-state index in [0.29, 0.717) is 9.88 Å². The maximum Gasteiger partial charge on any atom is 0.358 e. The first-order valence-corrected chi connectivity index (χ1v) is 8.77. The van der Waals surface area contributed by atoms with Crippen LogP contribution in [-0.4, -0.2) is 30.5 Å². The van der Waals surface area contributed by atoms with E-state index in [9.17, 15) is 9.59 Å². The van der Waals surface area contributed by atoms with Crippen molar-refractivity contribution in [3.63, 3.8) is 0 Å². The minimum atomic E-state index is -0.601. The Morgan fingerprint density at radius 1 is 1.12 bits per heavy atom. The Balaban J connectivity index is 1.64. The van der Waals surface area contributed by atoms with Crippen LogP contribution in [0.2, 0.25) is 0 Å². The van der Waals surface area contributed by atoms with Crippen LogP contribution < -0.4 is 4.74 Å². The van der Waals surface area contributed by atoms with Crippen LogP contribution in [0.1, 0.15) is 20.2 Å². The van der Waals surface area contributed by atoms with Gasteiger partial charge >= 0.3 is 5.97 Å². The maximum atomic E-state index is 12.0. The molecule has 0 bridgehead atoms. The molecule has 7 heteroatoms. The van der Waals surface area contributed by atoms with Crippen molar-refractivity contribution in [1.82, 2.24) is 4.98 Å². The molecule has 2 aromatic heterocycles. The fraction of sp³-hybridized carbons (Fsp3) is 0.118. The van der Waals surface area contributed by atoms with Crippen molar-refractivity contribution in [3.8, 4) is 16.3 Å². The number of thiophene rings is 1.